The molecule has 2 aromatic carbocycles. The Balaban J connectivity index is 2.26. The summed E-state index contributed by atoms with van der Waals surface area (Å²) in [5, 5.41) is 11.7. The fourth-order valence-corrected chi connectivity index (χ4v) is 2.28. The molecule has 0 fully saturated rings. The highest BCUT2D eigenvalue weighted by Crippen LogP contribution is 2.34. The lowest BCUT2D eigenvalue weighted by Gasteiger charge is -2.20. The van der Waals surface area contributed by atoms with E-state index in [-0.39, 0.29) is 5.76 Å². The molecule has 0 saturated carbocycles. The SMILES string of the molecule is C/C(O)=C1/Cc2c(ccc3ccccc23)OC1=O. The topological polar surface area (TPSA) is 46.5 Å². The second-order valence-corrected chi connectivity index (χ2v) is 4.39. The van der Waals surface area contributed by atoms with Crippen LogP contribution in [0.1, 0.15) is 12.5 Å². The summed E-state index contributed by atoms with van der Waals surface area (Å²) in [6.07, 6.45) is 0.415. The highest BCUT2D eigenvalue weighted by atomic mass is 16.5. The van der Waals surface area contributed by atoms with E-state index >= 15 is 0 Å². The first-order valence-electron chi connectivity index (χ1n) is 5.78. The standard InChI is InChI=1S/C15H12O3/c1-9(16)12-8-13-11-5-3-2-4-10(11)6-7-14(13)18-15(12)17/h2-7,16H,8H2,1H3/b12-9+. The predicted molar refractivity (Wildman–Crippen MR) is 68.6 cm³/mol. The first-order valence-corrected chi connectivity index (χ1v) is 5.78. The second kappa shape index (κ2) is 3.88. The number of aliphatic hydroxyl groups is 1. The van der Waals surface area contributed by atoms with Crippen molar-refractivity contribution in [3.05, 3.63) is 53.3 Å². The zero-order chi connectivity index (χ0) is 12.7. The van der Waals surface area contributed by atoms with Crippen LogP contribution in [0.25, 0.3) is 10.8 Å². The van der Waals surface area contributed by atoms with Gasteiger partial charge in [0.2, 0.25) is 0 Å². The molecular formula is C15H12O3. The van der Waals surface area contributed by atoms with Crippen LogP contribution in [0.4, 0.5) is 0 Å². The summed E-state index contributed by atoms with van der Waals surface area (Å²) in [5.41, 5.74) is 1.29. The Bertz CT molecular complexity index is 679. The van der Waals surface area contributed by atoms with Gasteiger partial charge in [0.1, 0.15) is 5.75 Å². The minimum Gasteiger partial charge on any atom is -0.512 e. The van der Waals surface area contributed by atoms with E-state index < -0.39 is 5.97 Å². The number of hydrogen-bond donors (Lipinski definition) is 1. The molecule has 0 bridgehead atoms. The van der Waals surface area contributed by atoms with Crippen molar-refractivity contribution in [1.29, 1.82) is 0 Å². The Hall–Kier alpha value is -2.29. The minimum absolute atomic E-state index is 0.0265. The maximum atomic E-state index is 11.7. The van der Waals surface area contributed by atoms with Gasteiger partial charge < -0.3 is 9.84 Å². The van der Waals surface area contributed by atoms with E-state index in [4.69, 9.17) is 4.74 Å². The number of hydrogen-bond acceptors (Lipinski definition) is 3. The average molecular weight is 240 g/mol. The number of fused-ring (bicyclic) bond motifs is 3. The van der Waals surface area contributed by atoms with Crippen molar-refractivity contribution in [3.8, 4) is 5.75 Å². The van der Waals surface area contributed by atoms with Gasteiger partial charge in [-0.15, -0.1) is 0 Å². The lowest BCUT2D eigenvalue weighted by molar-refractivity contribution is -0.131. The van der Waals surface area contributed by atoms with E-state index in [0.29, 0.717) is 17.7 Å². The largest absolute Gasteiger partial charge is 0.512 e. The molecule has 0 spiro atoms. The molecule has 0 saturated heterocycles. The van der Waals surface area contributed by atoms with Gasteiger partial charge in [-0.05, 0) is 23.8 Å². The van der Waals surface area contributed by atoms with Crippen LogP contribution < -0.4 is 4.74 Å². The van der Waals surface area contributed by atoms with Gasteiger partial charge in [0.05, 0.1) is 11.3 Å². The van der Waals surface area contributed by atoms with Gasteiger partial charge in [-0.25, -0.2) is 4.79 Å². The van der Waals surface area contributed by atoms with E-state index in [1.165, 1.54) is 6.92 Å². The summed E-state index contributed by atoms with van der Waals surface area (Å²) in [6.45, 7) is 1.51. The van der Waals surface area contributed by atoms with E-state index in [1.807, 2.05) is 30.3 Å². The average Bonchev–Trinajstić information content (AvgIpc) is 2.37. The Morgan fingerprint density at radius 2 is 2.00 bits per heavy atom. The van der Waals surface area contributed by atoms with Crippen molar-refractivity contribution in [2.45, 2.75) is 13.3 Å². The molecule has 0 amide bonds. The van der Waals surface area contributed by atoms with Crippen molar-refractivity contribution in [3.63, 3.8) is 0 Å². The van der Waals surface area contributed by atoms with E-state index in [9.17, 15) is 9.90 Å². The van der Waals surface area contributed by atoms with Crippen molar-refractivity contribution < 1.29 is 14.6 Å². The third-order valence-electron chi connectivity index (χ3n) is 3.24. The van der Waals surface area contributed by atoms with Crippen molar-refractivity contribution in [1.82, 2.24) is 0 Å². The molecule has 1 N–H and O–H groups in total. The molecule has 0 radical (unpaired) electrons. The number of esters is 1. The predicted octanol–water partition coefficient (Wildman–Crippen LogP) is 3.13. The number of carbonyl (C=O) groups excluding carboxylic acids is 1. The van der Waals surface area contributed by atoms with Crippen LogP contribution in [-0.2, 0) is 11.2 Å². The van der Waals surface area contributed by atoms with Gasteiger partial charge in [0.25, 0.3) is 0 Å². The third-order valence-corrected chi connectivity index (χ3v) is 3.24. The van der Waals surface area contributed by atoms with Crippen molar-refractivity contribution in [2.75, 3.05) is 0 Å². The van der Waals surface area contributed by atoms with E-state index in [2.05, 4.69) is 0 Å². The molecule has 1 heterocycles. The summed E-state index contributed by atoms with van der Waals surface area (Å²) < 4.78 is 5.26. The molecule has 0 atom stereocenters. The fourth-order valence-electron chi connectivity index (χ4n) is 2.28. The van der Waals surface area contributed by atoms with Crippen LogP contribution in [0.3, 0.4) is 0 Å². The van der Waals surface area contributed by atoms with E-state index in [1.54, 1.807) is 6.07 Å². The molecular weight excluding hydrogens is 228 g/mol. The monoisotopic (exact) mass is 240 g/mol. The number of ether oxygens (including phenoxy) is 1. The van der Waals surface area contributed by atoms with Crippen molar-refractivity contribution in [2.24, 2.45) is 0 Å². The summed E-state index contributed by atoms with van der Waals surface area (Å²) in [4.78, 5) is 11.7. The summed E-state index contributed by atoms with van der Waals surface area (Å²) in [7, 11) is 0. The van der Waals surface area contributed by atoms with Crippen LogP contribution in [0.2, 0.25) is 0 Å². The van der Waals surface area contributed by atoms with Gasteiger partial charge in [-0.3, -0.25) is 0 Å². The number of benzene rings is 2. The van der Waals surface area contributed by atoms with Gasteiger partial charge in [-0.2, -0.15) is 0 Å². The van der Waals surface area contributed by atoms with Crippen LogP contribution in [0.15, 0.2) is 47.7 Å². The van der Waals surface area contributed by atoms with Gasteiger partial charge in [0, 0.05) is 12.0 Å². The molecule has 0 aliphatic carbocycles. The van der Waals surface area contributed by atoms with E-state index in [0.717, 1.165) is 16.3 Å². The Labute approximate surface area is 104 Å². The first kappa shape index (κ1) is 10.8. The van der Waals surface area contributed by atoms with Crippen LogP contribution in [0.5, 0.6) is 5.75 Å². The zero-order valence-electron chi connectivity index (χ0n) is 9.93. The van der Waals surface area contributed by atoms with Gasteiger partial charge >= 0.3 is 5.97 Å². The van der Waals surface area contributed by atoms with Crippen molar-refractivity contribution >= 4 is 16.7 Å². The van der Waals surface area contributed by atoms with Crippen LogP contribution in [0, 0.1) is 0 Å². The fraction of sp³-hybridized carbons (Fsp3) is 0.133. The normalized spacial score (nSPS) is 17.3. The smallest absolute Gasteiger partial charge is 0.343 e. The molecule has 90 valence electrons. The maximum absolute atomic E-state index is 11.7. The quantitative estimate of drug-likeness (QED) is 0.333. The molecule has 3 heteroatoms. The summed E-state index contributed by atoms with van der Waals surface area (Å²) >= 11 is 0. The summed E-state index contributed by atoms with van der Waals surface area (Å²) in [5.74, 6) is 0.153. The molecule has 2 aromatic rings. The number of rotatable bonds is 0. The number of allylic oxidation sites excluding steroid dienone is 1. The minimum atomic E-state index is -0.460. The second-order valence-electron chi connectivity index (χ2n) is 4.39. The lowest BCUT2D eigenvalue weighted by atomic mass is 9.95. The summed E-state index contributed by atoms with van der Waals surface area (Å²) in [6, 6.07) is 11.7. The molecule has 3 nitrogen and oxygen atoms in total. The molecule has 0 aromatic heterocycles. The molecule has 18 heavy (non-hydrogen) atoms. The Morgan fingerprint density at radius 1 is 1.22 bits per heavy atom. The number of carbonyl (C=O) groups is 1. The molecule has 0 unspecified atom stereocenters. The number of aliphatic hydroxyl groups excluding tert-OH is 1. The maximum Gasteiger partial charge on any atom is 0.343 e. The molecule has 3 rings (SSSR count). The highest BCUT2D eigenvalue weighted by molar-refractivity contribution is 5.97. The van der Waals surface area contributed by atoms with Gasteiger partial charge in [0.15, 0.2) is 0 Å². The lowest BCUT2D eigenvalue weighted by Crippen LogP contribution is -2.20. The van der Waals surface area contributed by atoms with Crippen LogP contribution in [-0.4, -0.2) is 11.1 Å². The van der Waals surface area contributed by atoms with Gasteiger partial charge in [-0.1, -0.05) is 30.3 Å². The van der Waals surface area contributed by atoms with Crippen LogP contribution >= 0.6 is 0 Å². The third kappa shape index (κ3) is 1.56. The molecule has 1 aliphatic rings. The Kier molecular flexibility index (Phi) is 2.33. The first-order chi connectivity index (χ1) is 8.66. The highest BCUT2D eigenvalue weighted by Gasteiger charge is 2.25. The zero-order valence-corrected chi connectivity index (χ0v) is 9.93. The molecule has 1 aliphatic heterocycles. The Morgan fingerprint density at radius 3 is 2.78 bits per heavy atom.